The molecule has 2 fully saturated rings. The molecular formula is C20H22F3NO7S. The Morgan fingerprint density at radius 3 is 2.69 bits per heavy atom. The molecule has 1 saturated carbocycles. The second kappa shape index (κ2) is 6.58. The molecule has 8 nitrogen and oxygen atoms in total. The Kier molecular flexibility index (Phi) is 4.51. The highest BCUT2D eigenvalue weighted by molar-refractivity contribution is 7.87. The van der Waals surface area contributed by atoms with Crippen LogP contribution in [0.15, 0.2) is 12.1 Å². The number of nitrogens with zero attached hydrogens (tertiary/aromatic N) is 1. The van der Waals surface area contributed by atoms with Gasteiger partial charge < -0.3 is 19.5 Å². The van der Waals surface area contributed by atoms with Crippen molar-refractivity contribution in [3.05, 3.63) is 23.3 Å². The Labute approximate surface area is 182 Å². The topological polar surface area (TPSA) is 102 Å². The minimum Gasteiger partial charge on any atom is -0.482 e. The van der Waals surface area contributed by atoms with E-state index in [0.29, 0.717) is 24.9 Å². The maximum absolute atomic E-state index is 13.1. The van der Waals surface area contributed by atoms with Crippen LogP contribution in [0.2, 0.25) is 0 Å². The lowest BCUT2D eigenvalue weighted by molar-refractivity contribution is -0.201. The van der Waals surface area contributed by atoms with Crippen LogP contribution in [-0.4, -0.2) is 67.3 Å². The zero-order chi connectivity index (χ0) is 23.3. The van der Waals surface area contributed by atoms with Gasteiger partial charge in [0.1, 0.15) is 12.2 Å². The van der Waals surface area contributed by atoms with Crippen LogP contribution in [0.1, 0.15) is 37.3 Å². The number of esters is 1. The highest BCUT2D eigenvalue weighted by Gasteiger charge is 2.73. The van der Waals surface area contributed by atoms with Gasteiger partial charge in [0.15, 0.2) is 11.5 Å². The van der Waals surface area contributed by atoms with E-state index in [-0.39, 0.29) is 30.4 Å². The fraction of sp³-hybridized carbons (Fsp3) is 0.650. The number of rotatable bonds is 3. The van der Waals surface area contributed by atoms with Crippen molar-refractivity contribution < 1.29 is 45.1 Å². The number of aliphatic hydroxyl groups is 1. The molecule has 2 heterocycles. The van der Waals surface area contributed by atoms with Gasteiger partial charge in [0.05, 0.1) is 11.0 Å². The van der Waals surface area contributed by atoms with Crippen molar-refractivity contribution in [1.82, 2.24) is 4.90 Å². The molecule has 1 N–H and O–H groups in total. The second-order valence-corrected chi connectivity index (χ2v) is 10.5. The zero-order valence-electron chi connectivity index (χ0n) is 17.3. The van der Waals surface area contributed by atoms with E-state index in [4.69, 9.17) is 9.47 Å². The lowest BCUT2D eigenvalue weighted by Gasteiger charge is -2.63. The van der Waals surface area contributed by atoms with Gasteiger partial charge in [0.2, 0.25) is 0 Å². The van der Waals surface area contributed by atoms with Crippen molar-refractivity contribution in [3.63, 3.8) is 0 Å². The minimum atomic E-state index is -5.88. The average molecular weight is 477 g/mol. The van der Waals surface area contributed by atoms with Crippen LogP contribution in [0.3, 0.4) is 0 Å². The first-order valence-corrected chi connectivity index (χ1v) is 11.7. The van der Waals surface area contributed by atoms with Gasteiger partial charge in [-0.15, -0.1) is 0 Å². The molecule has 1 saturated heterocycles. The number of halogens is 3. The molecule has 1 aromatic rings. The van der Waals surface area contributed by atoms with Gasteiger partial charge in [-0.05, 0) is 50.9 Å². The Bertz CT molecular complexity index is 1110. The van der Waals surface area contributed by atoms with Gasteiger partial charge in [-0.3, -0.25) is 8.98 Å². The Hall–Kier alpha value is -1.89. The molecule has 32 heavy (non-hydrogen) atoms. The van der Waals surface area contributed by atoms with Crippen LogP contribution in [0.5, 0.6) is 11.5 Å². The predicted molar refractivity (Wildman–Crippen MR) is 103 cm³/mol. The Morgan fingerprint density at radius 1 is 1.31 bits per heavy atom. The van der Waals surface area contributed by atoms with E-state index in [1.165, 1.54) is 6.92 Å². The Balaban J connectivity index is 1.68. The molecule has 5 rings (SSSR count). The number of benzene rings is 1. The summed E-state index contributed by atoms with van der Waals surface area (Å²) in [6.07, 6.45) is -1.98. The van der Waals surface area contributed by atoms with Crippen LogP contribution in [0, 0.1) is 0 Å². The first-order chi connectivity index (χ1) is 14.8. The van der Waals surface area contributed by atoms with Gasteiger partial charge in [-0.2, -0.15) is 21.6 Å². The number of carbonyl (C=O) groups excluding carboxylic acids is 1. The normalized spacial score (nSPS) is 35.8. The van der Waals surface area contributed by atoms with Gasteiger partial charge >= 0.3 is 21.6 Å². The van der Waals surface area contributed by atoms with Crippen molar-refractivity contribution in [2.24, 2.45) is 0 Å². The largest absolute Gasteiger partial charge is 0.523 e. The van der Waals surface area contributed by atoms with Crippen molar-refractivity contribution in [3.8, 4) is 11.5 Å². The smallest absolute Gasteiger partial charge is 0.482 e. The van der Waals surface area contributed by atoms with Crippen LogP contribution in [0.25, 0.3) is 0 Å². The number of likely N-dealkylation sites (tertiary alicyclic amines) is 1. The lowest BCUT2D eigenvalue weighted by atomic mass is 9.49. The fourth-order valence-corrected chi connectivity index (χ4v) is 6.88. The third-order valence-electron chi connectivity index (χ3n) is 7.45. The molecule has 2 bridgehead atoms. The quantitative estimate of drug-likeness (QED) is 0.303. The van der Waals surface area contributed by atoms with E-state index >= 15 is 0 Å². The minimum absolute atomic E-state index is 0.0383. The molecule has 176 valence electrons. The molecule has 1 aromatic carbocycles. The molecule has 0 amide bonds. The lowest BCUT2D eigenvalue weighted by Crippen LogP contribution is -2.76. The Morgan fingerprint density at radius 2 is 2.03 bits per heavy atom. The summed E-state index contributed by atoms with van der Waals surface area (Å²) in [5.74, 6) is -0.377. The summed E-state index contributed by atoms with van der Waals surface area (Å²) in [6.45, 7) is 1.72. The van der Waals surface area contributed by atoms with Gasteiger partial charge in [-0.25, -0.2) is 0 Å². The highest BCUT2D eigenvalue weighted by atomic mass is 32.2. The van der Waals surface area contributed by atoms with Gasteiger partial charge in [0.25, 0.3) is 0 Å². The first-order valence-electron chi connectivity index (χ1n) is 10.3. The van der Waals surface area contributed by atoms with E-state index in [9.17, 15) is 31.5 Å². The van der Waals surface area contributed by atoms with Crippen molar-refractivity contribution in [2.75, 3.05) is 13.6 Å². The van der Waals surface area contributed by atoms with E-state index in [2.05, 4.69) is 4.18 Å². The molecule has 0 aromatic heterocycles. The molecule has 4 aliphatic rings. The fourth-order valence-electron chi connectivity index (χ4n) is 6.25. The maximum atomic E-state index is 13.1. The number of hydrogen-bond donors (Lipinski definition) is 1. The summed E-state index contributed by atoms with van der Waals surface area (Å²) in [6, 6.07) is 2.97. The van der Waals surface area contributed by atoms with Crippen LogP contribution in [0.4, 0.5) is 13.2 Å². The summed E-state index contributed by atoms with van der Waals surface area (Å²) < 4.78 is 78.8. The number of likely N-dealkylation sites (N-methyl/N-ethyl adjacent to an activating group) is 1. The summed E-state index contributed by atoms with van der Waals surface area (Å²) in [4.78, 5) is 13.6. The molecular weight excluding hydrogens is 455 g/mol. The molecule has 0 radical (unpaired) electrons. The zero-order valence-corrected chi connectivity index (χ0v) is 18.1. The van der Waals surface area contributed by atoms with E-state index in [0.717, 1.165) is 5.56 Å². The maximum Gasteiger partial charge on any atom is 0.523 e. The van der Waals surface area contributed by atoms with E-state index in [1.807, 2.05) is 11.9 Å². The number of hydrogen-bond acceptors (Lipinski definition) is 8. The van der Waals surface area contributed by atoms with Crippen molar-refractivity contribution >= 4 is 16.1 Å². The third-order valence-corrected chi connectivity index (χ3v) is 8.52. The summed E-state index contributed by atoms with van der Waals surface area (Å²) in [5.41, 5.74) is -6.75. The van der Waals surface area contributed by atoms with Crippen LogP contribution >= 0.6 is 0 Å². The standard InChI is InChI=1S/C20H22F3NO7S/c1-10(25)29-12-4-3-11-9-14-19(26)6-5-13(31-32(27,28)20(21,22)23)17-18(19,7-8-24(14)2)15(11)16(12)30-17/h3-4,13-14,17,26H,5-9H2,1-2H3/t13-,14+,17-,18-,19+/m0/s1. The predicted octanol–water partition coefficient (Wildman–Crippen LogP) is 1.63. The summed E-state index contributed by atoms with van der Waals surface area (Å²) in [5, 5.41) is 12.0. The molecule has 2 aliphatic heterocycles. The van der Waals surface area contributed by atoms with Crippen LogP contribution in [-0.2, 0) is 30.9 Å². The SMILES string of the molecule is CC(=O)Oc1ccc2c3c1O[C@H]1[C@@H](OS(=O)(=O)C(F)(F)F)CC[C@@]4(O)[C@@H](C2)N(C)CC[C@]314. The molecule has 0 unspecified atom stereocenters. The van der Waals surface area contributed by atoms with Gasteiger partial charge in [0, 0.05) is 18.5 Å². The third kappa shape index (κ3) is 2.66. The monoisotopic (exact) mass is 477 g/mol. The first kappa shape index (κ1) is 21.9. The van der Waals surface area contributed by atoms with E-state index in [1.54, 1.807) is 12.1 Å². The number of ether oxygens (including phenoxy) is 2. The molecule has 2 aliphatic carbocycles. The van der Waals surface area contributed by atoms with Crippen molar-refractivity contribution in [1.29, 1.82) is 0 Å². The average Bonchev–Trinajstić information content (AvgIpc) is 3.03. The van der Waals surface area contributed by atoms with Gasteiger partial charge in [-0.1, -0.05) is 6.07 Å². The molecule has 1 spiro atoms. The second-order valence-electron chi connectivity index (χ2n) is 8.98. The number of carbonyl (C=O) groups is 1. The molecule has 5 atom stereocenters. The number of alkyl halides is 3. The van der Waals surface area contributed by atoms with Crippen molar-refractivity contribution in [2.45, 2.75) is 67.4 Å². The van der Waals surface area contributed by atoms with Crippen LogP contribution < -0.4 is 9.47 Å². The molecule has 12 heteroatoms. The number of piperidine rings is 1. The summed E-state index contributed by atoms with van der Waals surface area (Å²) in [7, 11) is -4.01. The van der Waals surface area contributed by atoms with E-state index < -0.39 is 44.8 Å². The highest BCUT2D eigenvalue weighted by Crippen LogP contribution is 2.65. The summed E-state index contributed by atoms with van der Waals surface area (Å²) >= 11 is 0.